The molecular weight excluding hydrogens is 420 g/mol. The SMILES string of the molecule is O=C(Nc1c(-c2ccccc2)nc2ccccn12)NS(=O)(=O)c1cnn2c1OCCC2. The van der Waals surface area contributed by atoms with E-state index < -0.39 is 16.1 Å². The van der Waals surface area contributed by atoms with Gasteiger partial charge in [0.2, 0.25) is 5.88 Å². The fraction of sp³-hybridized carbons (Fsp3) is 0.150. The van der Waals surface area contributed by atoms with E-state index >= 15 is 0 Å². The first-order valence-corrected chi connectivity index (χ1v) is 11.1. The molecule has 3 aromatic heterocycles. The fourth-order valence-electron chi connectivity index (χ4n) is 3.45. The molecule has 0 atom stereocenters. The first kappa shape index (κ1) is 19.1. The third-order valence-electron chi connectivity index (χ3n) is 4.84. The number of benzene rings is 1. The zero-order valence-corrected chi connectivity index (χ0v) is 17.0. The molecule has 1 aliphatic heterocycles. The molecule has 4 aromatic rings. The summed E-state index contributed by atoms with van der Waals surface area (Å²) in [6.07, 6.45) is 3.65. The van der Waals surface area contributed by atoms with Crippen molar-refractivity contribution in [1.82, 2.24) is 23.9 Å². The van der Waals surface area contributed by atoms with Crippen molar-refractivity contribution in [2.24, 2.45) is 0 Å². The molecule has 5 rings (SSSR count). The van der Waals surface area contributed by atoms with Gasteiger partial charge in [0.1, 0.15) is 17.2 Å². The normalized spacial score (nSPS) is 13.4. The largest absolute Gasteiger partial charge is 0.477 e. The molecule has 1 aromatic carbocycles. The Balaban J connectivity index is 1.46. The van der Waals surface area contributed by atoms with Crippen LogP contribution in [0, 0.1) is 0 Å². The predicted molar refractivity (Wildman–Crippen MR) is 112 cm³/mol. The number of urea groups is 1. The maximum absolute atomic E-state index is 12.8. The number of aryl methyl sites for hydroxylation is 1. The number of hydrogen-bond donors (Lipinski definition) is 2. The van der Waals surface area contributed by atoms with Crippen LogP contribution in [0.1, 0.15) is 6.42 Å². The smallest absolute Gasteiger partial charge is 0.334 e. The molecule has 0 fully saturated rings. The van der Waals surface area contributed by atoms with Gasteiger partial charge in [0.25, 0.3) is 10.0 Å². The minimum Gasteiger partial charge on any atom is -0.477 e. The van der Waals surface area contributed by atoms with Crippen molar-refractivity contribution >= 4 is 27.5 Å². The number of carbonyl (C=O) groups is 1. The molecule has 0 saturated carbocycles. The van der Waals surface area contributed by atoms with Crippen molar-refractivity contribution in [3.05, 3.63) is 60.9 Å². The summed E-state index contributed by atoms with van der Waals surface area (Å²) in [5, 5.41) is 6.66. The van der Waals surface area contributed by atoms with Crippen LogP contribution in [0.5, 0.6) is 5.88 Å². The van der Waals surface area contributed by atoms with E-state index in [9.17, 15) is 13.2 Å². The summed E-state index contributed by atoms with van der Waals surface area (Å²) >= 11 is 0. The third kappa shape index (κ3) is 3.48. The number of aromatic nitrogens is 4. The van der Waals surface area contributed by atoms with E-state index in [1.54, 1.807) is 22.7 Å². The number of pyridine rings is 1. The summed E-state index contributed by atoms with van der Waals surface area (Å²) < 4.78 is 36.2. The summed E-state index contributed by atoms with van der Waals surface area (Å²) in [7, 11) is -4.19. The molecule has 1 aliphatic rings. The van der Waals surface area contributed by atoms with Gasteiger partial charge in [0.05, 0.1) is 12.8 Å². The molecule has 10 nitrogen and oxygen atoms in total. The molecule has 0 aliphatic carbocycles. The Bertz CT molecular complexity index is 1380. The highest BCUT2D eigenvalue weighted by molar-refractivity contribution is 7.90. The lowest BCUT2D eigenvalue weighted by Gasteiger charge is -2.16. The summed E-state index contributed by atoms with van der Waals surface area (Å²) in [6.45, 7) is 0.946. The van der Waals surface area contributed by atoms with Crippen LogP contribution < -0.4 is 14.8 Å². The molecule has 2 N–H and O–H groups in total. The monoisotopic (exact) mass is 438 g/mol. The third-order valence-corrected chi connectivity index (χ3v) is 6.15. The van der Waals surface area contributed by atoms with Gasteiger partial charge in [-0.15, -0.1) is 0 Å². The number of imidazole rings is 1. The lowest BCUT2D eigenvalue weighted by molar-refractivity contribution is 0.224. The summed E-state index contributed by atoms with van der Waals surface area (Å²) in [4.78, 5) is 17.1. The first-order chi connectivity index (χ1) is 15.0. The number of amides is 2. The van der Waals surface area contributed by atoms with Crippen LogP contribution in [0.15, 0.2) is 65.8 Å². The quantitative estimate of drug-likeness (QED) is 0.505. The van der Waals surface area contributed by atoms with Crippen LogP contribution in [0.25, 0.3) is 16.9 Å². The lowest BCUT2D eigenvalue weighted by Crippen LogP contribution is -2.35. The molecule has 4 heterocycles. The van der Waals surface area contributed by atoms with E-state index in [0.29, 0.717) is 30.3 Å². The van der Waals surface area contributed by atoms with E-state index in [0.717, 1.165) is 12.0 Å². The Kier molecular flexibility index (Phi) is 4.59. The van der Waals surface area contributed by atoms with Crippen LogP contribution in [0.3, 0.4) is 0 Å². The maximum atomic E-state index is 12.8. The average Bonchev–Trinajstić information content (AvgIpc) is 3.37. The van der Waals surface area contributed by atoms with Crippen molar-refractivity contribution in [2.75, 3.05) is 11.9 Å². The summed E-state index contributed by atoms with van der Waals surface area (Å²) in [5.41, 5.74) is 1.91. The van der Waals surface area contributed by atoms with Crippen LogP contribution in [0.4, 0.5) is 10.6 Å². The highest BCUT2D eigenvalue weighted by atomic mass is 32.2. The van der Waals surface area contributed by atoms with Crippen LogP contribution in [0.2, 0.25) is 0 Å². The number of anilines is 1. The number of ether oxygens (including phenoxy) is 1. The molecule has 11 heteroatoms. The van der Waals surface area contributed by atoms with Crippen molar-refractivity contribution in [1.29, 1.82) is 0 Å². The van der Waals surface area contributed by atoms with Gasteiger partial charge in [-0.05, 0) is 12.1 Å². The number of carbonyl (C=O) groups excluding carboxylic acids is 1. The molecule has 2 amide bonds. The molecule has 0 radical (unpaired) electrons. The second-order valence-electron chi connectivity index (χ2n) is 6.90. The van der Waals surface area contributed by atoms with Crippen molar-refractivity contribution < 1.29 is 17.9 Å². The Labute approximate surface area is 177 Å². The highest BCUT2D eigenvalue weighted by Crippen LogP contribution is 2.29. The van der Waals surface area contributed by atoms with Gasteiger partial charge < -0.3 is 4.74 Å². The highest BCUT2D eigenvalue weighted by Gasteiger charge is 2.29. The second kappa shape index (κ2) is 7.43. The van der Waals surface area contributed by atoms with Crippen LogP contribution >= 0.6 is 0 Å². The molecule has 0 unspecified atom stereocenters. The van der Waals surface area contributed by atoms with E-state index in [-0.39, 0.29) is 10.8 Å². The first-order valence-electron chi connectivity index (χ1n) is 9.58. The van der Waals surface area contributed by atoms with Gasteiger partial charge in [-0.25, -0.2) is 27.6 Å². The van der Waals surface area contributed by atoms with Gasteiger partial charge in [0, 0.05) is 24.7 Å². The van der Waals surface area contributed by atoms with Crippen LogP contribution in [-0.2, 0) is 16.6 Å². The van der Waals surface area contributed by atoms with Crippen molar-refractivity contribution in [3.63, 3.8) is 0 Å². The minimum absolute atomic E-state index is 0.131. The number of rotatable bonds is 4. The van der Waals surface area contributed by atoms with Gasteiger partial charge >= 0.3 is 6.03 Å². The lowest BCUT2D eigenvalue weighted by atomic mass is 10.1. The standard InChI is InChI=1S/C20H18N6O4S/c27-20(24-31(28,29)15-13-21-26-11-6-12-30-19(15)26)23-18-17(14-7-2-1-3-8-14)22-16-9-4-5-10-25(16)18/h1-5,7-10,13H,6,11-12H2,(H2,23,24,27). The zero-order valence-electron chi connectivity index (χ0n) is 16.2. The predicted octanol–water partition coefficient (Wildman–Crippen LogP) is 2.49. The Hall–Kier alpha value is -3.86. The molecule has 0 saturated heterocycles. The van der Waals surface area contributed by atoms with Gasteiger partial charge in [-0.1, -0.05) is 36.4 Å². The number of nitrogens with zero attached hydrogens (tertiary/aromatic N) is 4. The molecule has 158 valence electrons. The van der Waals surface area contributed by atoms with E-state index in [1.807, 2.05) is 41.1 Å². The Morgan fingerprint density at radius 2 is 1.90 bits per heavy atom. The topological polar surface area (TPSA) is 120 Å². The Morgan fingerprint density at radius 1 is 1.10 bits per heavy atom. The van der Waals surface area contributed by atoms with E-state index in [1.165, 1.54) is 10.9 Å². The van der Waals surface area contributed by atoms with Crippen molar-refractivity contribution in [2.45, 2.75) is 17.9 Å². The maximum Gasteiger partial charge on any atom is 0.334 e. The fourth-order valence-corrected chi connectivity index (χ4v) is 4.44. The number of sulfonamides is 1. The molecule has 31 heavy (non-hydrogen) atoms. The zero-order chi connectivity index (χ0) is 21.4. The van der Waals surface area contributed by atoms with Gasteiger partial charge in [-0.2, -0.15) is 5.10 Å². The van der Waals surface area contributed by atoms with Crippen LogP contribution in [-0.4, -0.2) is 40.2 Å². The number of nitrogens with one attached hydrogen (secondary N) is 2. The molecule has 0 spiro atoms. The Morgan fingerprint density at radius 3 is 2.74 bits per heavy atom. The van der Waals surface area contributed by atoms with Gasteiger partial charge in [0.15, 0.2) is 4.90 Å². The summed E-state index contributed by atoms with van der Waals surface area (Å²) in [6, 6.07) is 13.8. The molecular formula is C20H18N6O4S. The van der Waals surface area contributed by atoms with Crippen molar-refractivity contribution in [3.8, 4) is 17.1 Å². The summed E-state index contributed by atoms with van der Waals surface area (Å²) in [5.74, 6) is 0.481. The second-order valence-corrected chi connectivity index (χ2v) is 8.55. The minimum atomic E-state index is -4.19. The van der Waals surface area contributed by atoms with E-state index in [4.69, 9.17) is 4.74 Å². The number of hydrogen-bond acceptors (Lipinski definition) is 6. The van der Waals surface area contributed by atoms with Gasteiger partial charge in [-0.3, -0.25) is 9.72 Å². The van der Waals surface area contributed by atoms with E-state index in [2.05, 4.69) is 15.4 Å². The average molecular weight is 438 g/mol. The molecule has 0 bridgehead atoms. The number of fused-ring (bicyclic) bond motifs is 2.